The standard InChI is InChI=1S/C16H18N4O4/c21-16(11-24-14-8-4-3-7-13(14)20(22)23)18-15-9-10-17-19(15)12-5-1-2-6-12/h3-4,7-10,12H,1-2,5-6,11H2,(H,18,21). The Bertz CT molecular complexity index is 737. The minimum atomic E-state index is -0.539. The molecule has 1 N–H and O–H groups in total. The summed E-state index contributed by atoms with van der Waals surface area (Å²) in [7, 11) is 0. The molecule has 1 amide bonds. The van der Waals surface area contributed by atoms with E-state index >= 15 is 0 Å². The number of carbonyl (C=O) groups is 1. The lowest BCUT2D eigenvalue weighted by Crippen LogP contribution is -2.23. The minimum absolute atomic E-state index is 0.0713. The number of hydrogen-bond acceptors (Lipinski definition) is 5. The summed E-state index contributed by atoms with van der Waals surface area (Å²) in [6.45, 7) is -0.305. The average molecular weight is 330 g/mol. The highest BCUT2D eigenvalue weighted by Crippen LogP contribution is 2.31. The van der Waals surface area contributed by atoms with Crippen LogP contribution in [0.15, 0.2) is 36.5 Å². The number of amides is 1. The zero-order valence-corrected chi connectivity index (χ0v) is 13.1. The Kier molecular flexibility index (Phi) is 4.74. The van der Waals surface area contributed by atoms with Crippen LogP contribution in [0.3, 0.4) is 0 Å². The molecular formula is C16H18N4O4. The van der Waals surface area contributed by atoms with Gasteiger partial charge in [0.2, 0.25) is 0 Å². The van der Waals surface area contributed by atoms with Crippen LogP contribution >= 0.6 is 0 Å². The summed E-state index contributed by atoms with van der Waals surface area (Å²) < 4.78 is 7.12. The molecular weight excluding hydrogens is 312 g/mol. The van der Waals surface area contributed by atoms with Crippen molar-refractivity contribution in [1.82, 2.24) is 9.78 Å². The van der Waals surface area contributed by atoms with Crippen molar-refractivity contribution in [3.8, 4) is 5.75 Å². The van der Waals surface area contributed by atoms with Gasteiger partial charge in [-0.05, 0) is 18.9 Å². The van der Waals surface area contributed by atoms with Gasteiger partial charge in [-0.3, -0.25) is 14.9 Å². The average Bonchev–Trinajstić information content (AvgIpc) is 3.24. The van der Waals surface area contributed by atoms with E-state index in [4.69, 9.17) is 4.74 Å². The number of rotatable bonds is 6. The van der Waals surface area contributed by atoms with Gasteiger partial charge >= 0.3 is 5.69 Å². The van der Waals surface area contributed by atoms with Crippen LogP contribution in [0, 0.1) is 10.1 Å². The second-order valence-corrected chi connectivity index (χ2v) is 5.66. The summed E-state index contributed by atoms with van der Waals surface area (Å²) in [5, 5.41) is 18.0. The van der Waals surface area contributed by atoms with Gasteiger partial charge in [0.15, 0.2) is 12.4 Å². The normalized spacial score (nSPS) is 14.5. The van der Waals surface area contributed by atoms with Gasteiger partial charge in [0.1, 0.15) is 5.82 Å². The van der Waals surface area contributed by atoms with Crippen molar-refractivity contribution in [2.75, 3.05) is 11.9 Å². The number of para-hydroxylation sites is 2. The minimum Gasteiger partial charge on any atom is -0.477 e. The molecule has 0 bridgehead atoms. The van der Waals surface area contributed by atoms with Crippen LogP contribution < -0.4 is 10.1 Å². The second kappa shape index (κ2) is 7.12. The molecule has 1 aromatic carbocycles. The van der Waals surface area contributed by atoms with Crippen LogP contribution in [0.1, 0.15) is 31.7 Å². The number of ether oxygens (including phenoxy) is 1. The quantitative estimate of drug-likeness (QED) is 0.648. The molecule has 1 aliphatic rings. The molecule has 3 rings (SSSR count). The third kappa shape index (κ3) is 3.53. The van der Waals surface area contributed by atoms with E-state index in [1.807, 2.05) is 4.68 Å². The Morgan fingerprint density at radius 1 is 1.33 bits per heavy atom. The van der Waals surface area contributed by atoms with Crippen LogP contribution in [0.5, 0.6) is 5.75 Å². The van der Waals surface area contributed by atoms with Crippen molar-refractivity contribution < 1.29 is 14.5 Å². The number of nitro groups is 1. The first-order valence-electron chi connectivity index (χ1n) is 7.85. The Hall–Kier alpha value is -2.90. The van der Waals surface area contributed by atoms with Crippen molar-refractivity contribution in [3.63, 3.8) is 0 Å². The molecule has 0 unspecified atom stereocenters. The maximum absolute atomic E-state index is 12.1. The molecule has 1 fully saturated rings. The summed E-state index contributed by atoms with van der Waals surface area (Å²) in [6, 6.07) is 8.02. The van der Waals surface area contributed by atoms with E-state index in [2.05, 4.69) is 10.4 Å². The van der Waals surface area contributed by atoms with Crippen LogP contribution in [-0.2, 0) is 4.79 Å². The van der Waals surface area contributed by atoms with Crippen LogP contribution in [0.4, 0.5) is 11.5 Å². The van der Waals surface area contributed by atoms with Crippen molar-refractivity contribution in [2.24, 2.45) is 0 Å². The fraction of sp³-hybridized carbons (Fsp3) is 0.375. The highest BCUT2D eigenvalue weighted by molar-refractivity contribution is 5.91. The Morgan fingerprint density at radius 3 is 2.83 bits per heavy atom. The maximum atomic E-state index is 12.1. The largest absolute Gasteiger partial charge is 0.477 e. The monoisotopic (exact) mass is 330 g/mol. The number of nitrogens with one attached hydrogen (secondary N) is 1. The molecule has 1 heterocycles. The zero-order chi connectivity index (χ0) is 16.9. The van der Waals surface area contributed by atoms with Crippen molar-refractivity contribution in [2.45, 2.75) is 31.7 Å². The number of hydrogen-bond donors (Lipinski definition) is 1. The lowest BCUT2D eigenvalue weighted by Gasteiger charge is -2.14. The van der Waals surface area contributed by atoms with E-state index in [1.54, 1.807) is 24.4 Å². The number of carbonyl (C=O) groups excluding carboxylic acids is 1. The lowest BCUT2D eigenvalue weighted by molar-refractivity contribution is -0.385. The van der Waals surface area contributed by atoms with Gasteiger partial charge < -0.3 is 10.1 Å². The Balaban J connectivity index is 1.61. The van der Waals surface area contributed by atoms with Gasteiger partial charge in [0.25, 0.3) is 5.91 Å². The fourth-order valence-electron chi connectivity index (χ4n) is 2.91. The molecule has 1 saturated carbocycles. The molecule has 1 aliphatic carbocycles. The van der Waals surface area contributed by atoms with E-state index < -0.39 is 4.92 Å². The third-order valence-electron chi connectivity index (χ3n) is 4.03. The molecule has 126 valence electrons. The predicted molar refractivity (Wildman–Crippen MR) is 87.0 cm³/mol. The van der Waals surface area contributed by atoms with Gasteiger partial charge in [-0.1, -0.05) is 25.0 Å². The third-order valence-corrected chi connectivity index (χ3v) is 4.03. The topological polar surface area (TPSA) is 99.3 Å². The molecule has 0 saturated heterocycles. The van der Waals surface area contributed by atoms with Crippen LogP contribution in [0.25, 0.3) is 0 Å². The SMILES string of the molecule is O=C(COc1ccccc1[N+](=O)[O-])Nc1ccnn1C1CCCC1. The molecule has 0 atom stereocenters. The molecule has 8 nitrogen and oxygen atoms in total. The highest BCUT2D eigenvalue weighted by Gasteiger charge is 2.21. The van der Waals surface area contributed by atoms with Crippen LogP contribution in [0.2, 0.25) is 0 Å². The first-order valence-corrected chi connectivity index (χ1v) is 7.85. The first-order chi connectivity index (χ1) is 11.6. The molecule has 1 aromatic heterocycles. The van der Waals surface area contributed by atoms with Gasteiger partial charge in [0, 0.05) is 12.1 Å². The Morgan fingerprint density at radius 2 is 2.08 bits per heavy atom. The highest BCUT2D eigenvalue weighted by atomic mass is 16.6. The summed E-state index contributed by atoms with van der Waals surface area (Å²) in [5.41, 5.74) is -0.165. The molecule has 24 heavy (non-hydrogen) atoms. The van der Waals surface area contributed by atoms with Crippen LogP contribution in [-0.4, -0.2) is 27.2 Å². The van der Waals surface area contributed by atoms with Crippen molar-refractivity contribution >= 4 is 17.4 Å². The van der Waals surface area contributed by atoms with E-state index in [9.17, 15) is 14.9 Å². The molecule has 0 radical (unpaired) electrons. The molecule has 8 heteroatoms. The first kappa shape index (κ1) is 16.0. The summed E-state index contributed by atoms with van der Waals surface area (Å²) >= 11 is 0. The number of nitro benzene ring substituents is 1. The summed E-state index contributed by atoms with van der Waals surface area (Å²) in [4.78, 5) is 22.5. The van der Waals surface area contributed by atoms with E-state index in [-0.39, 0.29) is 24.0 Å². The lowest BCUT2D eigenvalue weighted by atomic mass is 10.2. The second-order valence-electron chi connectivity index (χ2n) is 5.66. The maximum Gasteiger partial charge on any atom is 0.310 e. The predicted octanol–water partition coefficient (Wildman–Crippen LogP) is 2.92. The van der Waals surface area contributed by atoms with Gasteiger partial charge in [-0.25, -0.2) is 4.68 Å². The van der Waals surface area contributed by atoms with E-state index in [0.717, 1.165) is 12.8 Å². The number of benzene rings is 1. The summed E-state index contributed by atoms with van der Waals surface area (Å²) in [5.74, 6) is 0.313. The van der Waals surface area contributed by atoms with Gasteiger partial charge in [0.05, 0.1) is 17.2 Å². The zero-order valence-electron chi connectivity index (χ0n) is 13.1. The number of nitrogens with zero attached hydrogens (tertiary/aromatic N) is 3. The van der Waals surface area contributed by atoms with E-state index in [0.29, 0.717) is 11.9 Å². The molecule has 0 aliphatic heterocycles. The molecule has 0 spiro atoms. The smallest absolute Gasteiger partial charge is 0.310 e. The van der Waals surface area contributed by atoms with Gasteiger partial charge in [-0.2, -0.15) is 5.10 Å². The van der Waals surface area contributed by atoms with Crippen molar-refractivity contribution in [3.05, 3.63) is 46.6 Å². The van der Waals surface area contributed by atoms with Gasteiger partial charge in [-0.15, -0.1) is 0 Å². The van der Waals surface area contributed by atoms with Crippen molar-refractivity contribution in [1.29, 1.82) is 0 Å². The fourth-order valence-corrected chi connectivity index (χ4v) is 2.91. The molecule has 2 aromatic rings. The number of aromatic nitrogens is 2. The Labute approximate surface area is 138 Å². The van der Waals surface area contributed by atoms with E-state index in [1.165, 1.54) is 25.0 Å². The number of anilines is 1. The summed E-state index contributed by atoms with van der Waals surface area (Å²) in [6.07, 6.45) is 6.09.